The van der Waals surface area contributed by atoms with E-state index in [2.05, 4.69) is 5.32 Å². The fraction of sp³-hybridized carbons (Fsp3) is 0.263. The first kappa shape index (κ1) is 16.7. The number of imide groups is 1. The Morgan fingerprint density at radius 3 is 2.73 bits per heavy atom. The molecule has 1 N–H and O–H groups in total. The van der Waals surface area contributed by atoms with Crippen LogP contribution in [0, 0.1) is 0 Å². The SMILES string of the molecule is C[C@]1(Cc2ccc3c(c2)OCO3)NC(=O)N(Cc2ccccc2Cl)C1=O. The van der Waals surface area contributed by atoms with Crippen LogP contribution in [0.25, 0.3) is 0 Å². The number of amides is 3. The lowest BCUT2D eigenvalue weighted by atomic mass is 9.92. The summed E-state index contributed by atoms with van der Waals surface area (Å²) in [5, 5.41) is 3.33. The number of carbonyl (C=O) groups is 2. The second-order valence-corrected chi connectivity index (χ2v) is 7.02. The molecule has 0 bridgehead atoms. The lowest BCUT2D eigenvalue weighted by Gasteiger charge is -2.22. The molecule has 2 aromatic carbocycles. The molecule has 2 aromatic rings. The van der Waals surface area contributed by atoms with Crippen molar-refractivity contribution in [2.45, 2.75) is 25.4 Å². The maximum absolute atomic E-state index is 12.9. The number of rotatable bonds is 4. The second kappa shape index (κ2) is 6.21. The number of hydrogen-bond acceptors (Lipinski definition) is 4. The van der Waals surface area contributed by atoms with Gasteiger partial charge in [0.05, 0.1) is 6.54 Å². The van der Waals surface area contributed by atoms with E-state index in [-0.39, 0.29) is 19.2 Å². The van der Waals surface area contributed by atoms with Gasteiger partial charge >= 0.3 is 6.03 Å². The zero-order valence-electron chi connectivity index (χ0n) is 14.1. The van der Waals surface area contributed by atoms with E-state index in [0.29, 0.717) is 22.9 Å². The number of fused-ring (bicyclic) bond motifs is 1. The first-order chi connectivity index (χ1) is 12.5. The Bertz CT molecular complexity index is 901. The third-order valence-corrected chi connectivity index (χ3v) is 4.99. The molecule has 0 aliphatic carbocycles. The summed E-state index contributed by atoms with van der Waals surface area (Å²) in [6.45, 7) is 2.06. The molecule has 4 rings (SSSR count). The van der Waals surface area contributed by atoms with E-state index < -0.39 is 11.6 Å². The highest BCUT2D eigenvalue weighted by Gasteiger charge is 2.47. The van der Waals surface area contributed by atoms with Crippen molar-refractivity contribution in [2.24, 2.45) is 0 Å². The van der Waals surface area contributed by atoms with Crippen LogP contribution in [0.3, 0.4) is 0 Å². The van der Waals surface area contributed by atoms with Gasteiger partial charge < -0.3 is 14.8 Å². The first-order valence-electron chi connectivity index (χ1n) is 8.22. The fourth-order valence-corrected chi connectivity index (χ4v) is 3.46. The van der Waals surface area contributed by atoms with Crippen LogP contribution in [0.1, 0.15) is 18.1 Å². The maximum atomic E-state index is 12.9. The van der Waals surface area contributed by atoms with Crippen molar-refractivity contribution in [3.63, 3.8) is 0 Å². The monoisotopic (exact) mass is 372 g/mol. The third kappa shape index (κ3) is 2.86. The van der Waals surface area contributed by atoms with Crippen LogP contribution in [0.15, 0.2) is 42.5 Å². The Morgan fingerprint density at radius 1 is 1.15 bits per heavy atom. The average Bonchev–Trinajstić information content (AvgIpc) is 3.15. The van der Waals surface area contributed by atoms with E-state index in [1.54, 1.807) is 19.1 Å². The van der Waals surface area contributed by atoms with Gasteiger partial charge in [-0.25, -0.2) is 4.79 Å². The van der Waals surface area contributed by atoms with Gasteiger partial charge in [-0.15, -0.1) is 0 Å². The standard InChI is InChI=1S/C19H17ClN2O4/c1-19(9-12-6-7-15-16(8-12)26-11-25-15)17(23)22(18(24)21-19)10-13-4-2-3-5-14(13)20/h2-8H,9-11H2,1H3,(H,21,24)/t19-/m1/s1. The smallest absolute Gasteiger partial charge is 0.325 e. The molecule has 3 amide bonds. The molecule has 2 aliphatic heterocycles. The highest BCUT2D eigenvalue weighted by atomic mass is 35.5. The van der Waals surface area contributed by atoms with E-state index in [4.69, 9.17) is 21.1 Å². The van der Waals surface area contributed by atoms with E-state index >= 15 is 0 Å². The van der Waals surface area contributed by atoms with Crippen LogP contribution >= 0.6 is 11.6 Å². The van der Waals surface area contributed by atoms with Crippen molar-refractivity contribution >= 4 is 23.5 Å². The van der Waals surface area contributed by atoms with Crippen LogP contribution in [-0.2, 0) is 17.8 Å². The van der Waals surface area contributed by atoms with Gasteiger partial charge in [-0.2, -0.15) is 0 Å². The van der Waals surface area contributed by atoms with Gasteiger partial charge in [0.2, 0.25) is 6.79 Å². The summed E-state index contributed by atoms with van der Waals surface area (Å²) in [6.07, 6.45) is 0.354. The highest BCUT2D eigenvalue weighted by molar-refractivity contribution is 6.31. The van der Waals surface area contributed by atoms with Crippen LogP contribution in [0.4, 0.5) is 4.79 Å². The van der Waals surface area contributed by atoms with Gasteiger partial charge in [0.25, 0.3) is 5.91 Å². The fourth-order valence-electron chi connectivity index (χ4n) is 3.27. The van der Waals surface area contributed by atoms with E-state index in [1.165, 1.54) is 4.90 Å². The summed E-state index contributed by atoms with van der Waals surface area (Å²) >= 11 is 6.16. The van der Waals surface area contributed by atoms with Crippen LogP contribution < -0.4 is 14.8 Å². The molecule has 0 aromatic heterocycles. The summed E-state index contributed by atoms with van der Waals surface area (Å²) in [4.78, 5) is 26.5. The Morgan fingerprint density at radius 2 is 1.92 bits per heavy atom. The molecule has 2 heterocycles. The number of hydrogen-bond donors (Lipinski definition) is 1. The predicted molar refractivity (Wildman–Crippen MR) is 95.2 cm³/mol. The number of urea groups is 1. The Kier molecular flexibility index (Phi) is 4.00. The van der Waals surface area contributed by atoms with Crippen molar-refractivity contribution in [1.29, 1.82) is 0 Å². The van der Waals surface area contributed by atoms with E-state index in [0.717, 1.165) is 11.1 Å². The maximum Gasteiger partial charge on any atom is 0.325 e. The molecule has 0 radical (unpaired) electrons. The molecule has 134 valence electrons. The van der Waals surface area contributed by atoms with Gasteiger partial charge in [0.15, 0.2) is 11.5 Å². The number of nitrogens with one attached hydrogen (secondary N) is 1. The molecule has 26 heavy (non-hydrogen) atoms. The number of carbonyl (C=O) groups excluding carboxylic acids is 2. The van der Waals surface area contributed by atoms with Crippen molar-refractivity contribution < 1.29 is 19.1 Å². The summed E-state index contributed by atoms with van der Waals surface area (Å²) in [6, 6.07) is 12.3. The van der Waals surface area contributed by atoms with Gasteiger partial charge in [-0.3, -0.25) is 9.69 Å². The largest absolute Gasteiger partial charge is 0.454 e. The molecule has 7 heteroatoms. The zero-order chi connectivity index (χ0) is 18.3. The van der Waals surface area contributed by atoms with Crippen molar-refractivity contribution in [3.05, 3.63) is 58.6 Å². The predicted octanol–water partition coefficient (Wildman–Crippen LogP) is 3.12. The third-order valence-electron chi connectivity index (χ3n) is 4.63. The molecule has 6 nitrogen and oxygen atoms in total. The summed E-state index contributed by atoms with van der Waals surface area (Å²) in [7, 11) is 0. The molecule has 0 unspecified atom stereocenters. The quantitative estimate of drug-likeness (QED) is 0.837. The molecular formula is C19H17ClN2O4. The van der Waals surface area contributed by atoms with Gasteiger partial charge in [0, 0.05) is 11.4 Å². The van der Waals surface area contributed by atoms with E-state index in [9.17, 15) is 9.59 Å². The summed E-state index contributed by atoms with van der Waals surface area (Å²) in [5.41, 5.74) is 0.585. The molecule has 1 saturated heterocycles. The molecule has 0 saturated carbocycles. The van der Waals surface area contributed by atoms with E-state index in [1.807, 2.05) is 30.3 Å². The first-order valence-corrected chi connectivity index (χ1v) is 8.60. The minimum absolute atomic E-state index is 0.140. The highest BCUT2D eigenvalue weighted by Crippen LogP contribution is 2.34. The lowest BCUT2D eigenvalue weighted by Crippen LogP contribution is -2.45. The van der Waals surface area contributed by atoms with Gasteiger partial charge in [-0.1, -0.05) is 35.9 Å². The summed E-state index contributed by atoms with van der Waals surface area (Å²) < 4.78 is 10.7. The lowest BCUT2D eigenvalue weighted by molar-refractivity contribution is -0.131. The number of ether oxygens (including phenoxy) is 2. The zero-order valence-corrected chi connectivity index (χ0v) is 14.9. The van der Waals surface area contributed by atoms with Crippen molar-refractivity contribution in [1.82, 2.24) is 10.2 Å². The van der Waals surface area contributed by atoms with Crippen LogP contribution in [0.2, 0.25) is 5.02 Å². The molecule has 1 fully saturated rings. The van der Waals surface area contributed by atoms with Gasteiger partial charge in [-0.05, 0) is 36.2 Å². The molecule has 1 atom stereocenters. The average molecular weight is 373 g/mol. The Hall–Kier alpha value is -2.73. The Labute approximate surface area is 155 Å². The van der Waals surface area contributed by atoms with Crippen LogP contribution in [0.5, 0.6) is 11.5 Å². The minimum atomic E-state index is -1.02. The molecule has 2 aliphatic rings. The topological polar surface area (TPSA) is 67.9 Å². The minimum Gasteiger partial charge on any atom is -0.454 e. The Balaban J connectivity index is 1.54. The normalized spacial score (nSPS) is 21.2. The van der Waals surface area contributed by atoms with Crippen LogP contribution in [-0.4, -0.2) is 29.2 Å². The van der Waals surface area contributed by atoms with Crippen molar-refractivity contribution in [3.8, 4) is 11.5 Å². The van der Waals surface area contributed by atoms with Crippen molar-refractivity contribution in [2.75, 3.05) is 6.79 Å². The second-order valence-electron chi connectivity index (χ2n) is 6.61. The summed E-state index contributed by atoms with van der Waals surface area (Å²) in [5.74, 6) is 1.05. The molecule has 0 spiro atoms. The number of nitrogens with zero attached hydrogens (tertiary/aromatic N) is 1. The van der Waals surface area contributed by atoms with Gasteiger partial charge in [0.1, 0.15) is 5.54 Å². The molecular weight excluding hydrogens is 356 g/mol. The number of benzene rings is 2. The number of halogens is 1.